The van der Waals surface area contributed by atoms with Crippen molar-refractivity contribution in [3.05, 3.63) is 0 Å². The van der Waals surface area contributed by atoms with Gasteiger partial charge in [0.25, 0.3) is 0 Å². The monoisotopic (exact) mass is 236 g/mol. The van der Waals surface area contributed by atoms with Crippen LogP contribution < -0.4 is 0 Å². The Morgan fingerprint density at radius 1 is 1.43 bits per heavy atom. The summed E-state index contributed by atoms with van der Waals surface area (Å²) in [6.07, 6.45) is 5.13. The highest BCUT2D eigenvalue weighted by Crippen LogP contribution is 2.31. The summed E-state index contributed by atoms with van der Waals surface area (Å²) in [5, 5.41) is -0.182. The molecule has 0 aliphatic heterocycles. The van der Waals surface area contributed by atoms with Crippen molar-refractivity contribution in [3.63, 3.8) is 0 Å². The Morgan fingerprint density at radius 3 is 2.64 bits per heavy atom. The number of carbonyl (C=O) groups excluding carboxylic acids is 1. The van der Waals surface area contributed by atoms with E-state index in [0.29, 0.717) is 24.0 Å². The van der Waals surface area contributed by atoms with Gasteiger partial charge in [-0.15, -0.1) is 23.2 Å². The lowest BCUT2D eigenvalue weighted by molar-refractivity contribution is -0.125. The van der Waals surface area contributed by atoms with Crippen LogP contribution in [0.5, 0.6) is 0 Å². The van der Waals surface area contributed by atoms with Gasteiger partial charge in [-0.2, -0.15) is 0 Å². The normalized spacial score (nSPS) is 29.9. The third-order valence-corrected chi connectivity index (χ3v) is 3.95. The van der Waals surface area contributed by atoms with Crippen molar-refractivity contribution in [3.8, 4) is 0 Å². The van der Waals surface area contributed by atoms with Crippen molar-refractivity contribution < 1.29 is 4.79 Å². The van der Waals surface area contributed by atoms with Crippen LogP contribution in [0.3, 0.4) is 0 Å². The number of Topliss-reactive ketones (excluding diaryl/α,β-unsaturated/α-hetero) is 1. The first kappa shape index (κ1) is 12.3. The number of carbonyl (C=O) groups is 1. The molecule has 82 valence electrons. The van der Waals surface area contributed by atoms with Crippen molar-refractivity contribution in [2.45, 2.75) is 44.4 Å². The van der Waals surface area contributed by atoms with E-state index in [1.165, 1.54) is 19.3 Å². The maximum atomic E-state index is 11.8. The molecule has 1 saturated carbocycles. The fourth-order valence-corrected chi connectivity index (χ4v) is 2.48. The van der Waals surface area contributed by atoms with Gasteiger partial charge in [0, 0.05) is 18.2 Å². The summed E-state index contributed by atoms with van der Waals surface area (Å²) in [7, 11) is 0. The molecule has 0 amide bonds. The van der Waals surface area contributed by atoms with Crippen LogP contribution in [0.1, 0.15) is 39.0 Å². The summed E-state index contributed by atoms with van der Waals surface area (Å²) in [5.74, 6) is 1.47. The van der Waals surface area contributed by atoms with Gasteiger partial charge in [0.05, 0.1) is 5.38 Å². The molecule has 1 rings (SSSR count). The first-order chi connectivity index (χ1) is 6.65. The number of hydrogen-bond donors (Lipinski definition) is 0. The van der Waals surface area contributed by atoms with Crippen LogP contribution in [0.15, 0.2) is 0 Å². The van der Waals surface area contributed by atoms with Gasteiger partial charge in [-0.3, -0.25) is 4.79 Å². The average Bonchev–Trinajstić information content (AvgIpc) is 2.18. The van der Waals surface area contributed by atoms with Gasteiger partial charge in [0.2, 0.25) is 0 Å². The zero-order valence-electron chi connectivity index (χ0n) is 8.64. The summed E-state index contributed by atoms with van der Waals surface area (Å²) in [6, 6.07) is 0. The molecule has 0 radical (unpaired) electrons. The molecule has 0 aromatic heterocycles. The van der Waals surface area contributed by atoms with Crippen LogP contribution in [0.4, 0.5) is 0 Å². The molecule has 1 aliphatic rings. The van der Waals surface area contributed by atoms with Gasteiger partial charge >= 0.3 is 0 Å². The Labute approximate surface area is 96.2 Å². The van der Waals surface area contributed by atoms with Gasteiger partial charge in [-0.25, -0.2) is 0 Å². The minimum atomic E-state index is -0.182. The summed E-state index contributed by atoms with van der Waals surface area (Å²) in [5.41, 5.74) is 0. The molecule has 0 N–H and O–H groups in total. The molecule has 0 saturated heterocycles. The SMILES string of the molecule is CC1CCCCC1C(=O)CC(Cl)CCl. The Hall–Kier alpha value is 0.250. The van der Waals surface area contributed by atoms with E-state index in [9.17, 15) is 4.79 Å². The van der Waals surface area contributed by atoms with E-state index in [-0.39, 0.29) is 11.3 Å². The molecule has 1 nitrogen and oxygen atoms in total. The number of hydrogen-bond acceptors (Lipinski definition) is 1. The third kappa shape index (κ3) is 3.43. The van der Waals surface area contributed by atoms with Crippen molar-refractivity contribution in [1.29, 1.82) is 0 Å². The molecular weight excluding hydrogens is 219 g/mol. The lowest BCUT2D eigenvalue weighted by atomic mass is 9.77. The molecular formula is C11H18Cl2O. The van der Waals surface area contributed by atoms with Gasteiger partial charge in [0.15, 0.2) is 0 Å². The maximum absolute atomic E-state index is 11.8. The van der Waals surface area contributed by atoms with Crippen LogP contribution in [0.25, 0.3) is 0 Å². The Bertz CT molecular complexity index is 194. The minimum absolute atomic E-state index is 0.182. The van der Waals surface area contributed by atoms with Crippen molar-refractivity contribution >= 4 is 29.0 Å². The van der Waals surface area contributed by atoms with Gasteiger partial charge in [0.1, 0.15) is 5.78 Å². The third-order valence-electron chi connectivity index (χ3n) is 3.12. The van der Waals surface area contributed by atoms with Gasteiger partial charge < -0.3 is 0 Å². The molecule has 1 fully saturated rings. The van der Waals surface area contributed by atoms with Crippen molar-refractivity contribution in [2.75, 3.05) is 5.88 Å². The quantitative estimate of drug-likeness (QED) is 0.682. The van der Waals surface area contributed by atoms with Crippen LogP contribution in [0, 0.1) is 11.8 Å². The van der Waals surface area contributed by atoms with E-state index in [0.717, 1.165) is 6.42 Å². The highest BCUT2D eigenvalue weighted by Gasteiger charge is 2.28. The van der Waals surface area contributed by atoms with E-state index >= 15 is 0 Å². The van der Waals surface area contributed by atoms with Crippen LogP contribution >= 0.6 is 23.2 Å². The predicted octanol–water partition coefficient (Wildman–Crippen LogP) is 3.62. The second-order valence-corrected chi connectivity index (χ2v) is 5.22. The standard InChI is InChI=1S/C11H18Cl2O/c1-8-4-2-3-5-10(8)11(14)6-9(13)7-12/h8-10H,2-7H2,1H3. The van der Waals surface area contributed by atoms with Crippen molar-refractivity contribution in [1.82, 2.24) is 0 Å². The van der Waals surface area contributed by atoms with E-state index in [4.69, 9.17) is 23.2 Å². The van der Waals surface area contributed by atoms with Crippen LogP contribution in [-0.2, 0) is 4.79 Å². The molecule has 1 aliphatic carbocycles. The van der Waals surface area contributed by atoms with E-state index < -0.39 is 0 Å². The zero-order chi connectivity index (χ0) is 10.6. The molecule has 0 aromatic carbocycles. The molecule has 3 atom stereocenters. The maximum Gasteiger partial charge on any atom is 0.137 e. The zero-order valence-corrected chi connectivity index (χ0v) is 10.2. The van der Waals surface area contributed by atoms with E-state index in [1.807, 2.05) is 0 Å². The topological polar surface area (TPSA) is 17.1 Å². The second kappa shape index (κ2) is 5.97. The lowest BCUT2D eigenvalue weighted by Gasteiger charge is -2.27. The fourth-order valence-electron chi connectivity index (χ4n) is 2.22. The molecule has 0 spiro atoms. The number of rotatable bonds is 4. The highest BCUT2D eigenvalue weighted by atomic mass is 35.5. The van der Waals surface area contributed by atoms with Gasteiger partial charge in [-0.1, -0.05) is 26.2 Å². The number of alkyl halides is 2. The van der Waals surface area contributed by atoms with Crippen LogP contribution in [0.2, 0.25) is 0 Å². The Morgan fingerprint density at radius 2 is 2.07 bits per heavy atom. The van der Waals surface area contributed by atoms with E-state index in [1.54, 1.807) is 0 Å². The Balaban J connectivity index is 2.42. The molecule has 0 aromatic rings. The molecule has 3 unspecified atom stereocenters. The van der Waals surface area contributed by atoms with Gasteiger partial charge in [-0.05, 0) is 12.3 Å². The highest BCUT2D eigenvalue weighted by molar-refractivity contribution is 6.28. The summed E-state index contributed by atoms with van der Waals surface area (Å²) < 4.78 is 0. The second-order valence-electron chi connectivity index (χ2n) is 4.29. The summed E-state index contributed by atoms with van der Waals surface area (Å²) >= 11 is 11.5. The summed E-state index contributed by atoms with van der Waals surface area (Å²) in [6.45, 7) is 2.17. The van der Waals surface area contributed by atoms with Crippen molar-refractivity contribution in [2.24, 2.45) is 11.8 Å². The number of ketones is 1. The Kier molecular flexibility index (Phi) is 5.25. The fraction of sp³-hybridized carbons (Fsp3) is 0.909. The minimum Gasteiger partial charge on any atom is -0.299 e. The van der Waals surface area contributed by atoms with E-state index in [2.05, 4.69) is 6.92 Å². The summed E-state index contributed by atoms with van der Waals surface area (Å²) in [4.78, 5) is 11.8. The molecule has 0 heterocycles. The van der Waals surface area contributed by atoms with Crippen LogP contribution in [-0.4, -0.2) is 17.0 Å². The molecule has 14 heavy (non-hydrogen) atoms. The first-order valence-electron chi connectivity index (χ1n) is 5.38. The number of halogens is 2. The first-order valence-corrected chi connectivity index (χ1v) is 6.35. The predicted molar refractivity (Wildman–Crippen MR) is 61.1 cm³/mol. The lowest BCUT2D eigenvalue weighted by Crippen LogP contribution is -2.27. The molecule has 3 heteroatoms. The average molecular weight is 237 g/mol. The largest absolute Gasteiger partial charge is 0.299 e. The molecule has 0 bridgehead atoms. The smallest absolute Gasteiger partial charge is 0.137 e.